The molecule has 0 unspecified atom stereocenters. The molecule has 2 aromatic carbocycles. The molecular formula is C17H15N3O. The summed E-state index contributed by atoms with van der Waals surface area (Å²) >= 11 is 0. The van der Waals surface area contributed by atoms with Gasteiger partial charge in [-0.05, 0) is 24.4 Å². The van der Waals surface area contributed by atoms with Gasteiger partial charge in [-0.2, -0.15) is 0 Å². The van der Waals surface area contributed by atoms with Crippen LogP contribution in [0.25, 0.3) is 10.8 Å². The van der Waals surface area contributed by atoms with Crippen molar-refractivity contribution in [1.29, 1.82) is 0 Å². The van der Waals surface area contributed by atoms with Crippen molar-refractivity contribution >= 4 is 28.1 Å². The fraction of sp³-hybridized carbons (Fsp3) is 0.0588. The first kappa shape index (κ1) is 13.1. The molecule has 0 fully saturated rings. The Morgan fingerprint density at radius 1 is 1.14 bits per heavy atom. The number of aromatic nitrogens is 1. The molecule has 0 saturated carbocycles. The maximum atomic E-state index is 12.4. The summed E-state index contributed by atoms with van der Waals surface area (Å²) < 4.78 is 0. The SMILES string of the molecule is Cc1ncc(N)cc1C(=O)Nc1cccc2ccccc12. The van der Waals surface area contributed by atoms with Gasteiger partial charge in [0.15, 0.2) is 0 Å². The first-order valence-electron chi connectivity index (χ1n) is 6.66. The number of rotatable bonds is 2. The van der Waals surface area contributed by atoms with E-state index in [9.17, 15) is 4.79 Å². The molecule has 3 rings (SSSR count). The lowest BCUT2D eigenvalue weighted by atomic mass is 10.1. The zero-order valence-electron chi connectivity index (χ0n) is 11.6. The third-order valence-corrected chi connectivity index (χ3v) is 3.39. The second kappa shape index (κ2) is 5.25. The molecule has 1 amide bonds. The van der Waals surface area contributed by atoms with Gasteiger partial charge in [0.2, 0.25) is 0 Å². The maximum Gasteiger partial charge on any atom is 0.257 e. The van der Waals surface area contributed by atoms with Crippen molar-refractivity contribution in [3.8, 4) is 0 Å². The lowest BCUT2D eigenvalue weighted by Gasteiger charge is -2.10. The summed E-state index contributed by atoms with van der Waals surface area (Å²) in [6, 6.07) is 15.4. The van der Waals surface area contributed by atoms with Gasteiger partial charge >= 0.3 is 0 Å². The van der Waals surface area contributed by atoms with Crippen LogP contribution in [0.4, 0.5) is 11.4 Å². The molecule has 0 atom stereocenters. The molecule has 0 bridgehead atoms. The molecule has 104 valence electrons. The van der Waals surface area contributed by atoms with Gasteiger partial charge in [0.05, 0.1) is 23.1 Å². The molecule has 1 aromatic heterocycles. The van der Waals surface area contributed by atoms with Crippen molar-refractivity contribution in [1.82, 2.24) is 4.98 Å². The van der Waals surface area contributed by atoms with Gasteiger partial charge in [0.25, 0.3) is 5.91 Å². The van der Waals surface area contributed by atoms with E-state index in [4.69, 9.17) is 5.73 Å². The highest BCUT2D eigenvalue weighted by Gasteiger charge is 2.12. The van der Waals surface area contributed by atoms with Crippen LogP contribution < -0.4 is 11.1 Å². The average molecular weight is 277 g/mol. The quantitative estimate of drug-likeness (QED) is 0.754. The number of carbonyl (C=O) groups excluding carboxylic acids is 1. The second-order valence-electron chi connectivity index (χ2n) is 4.88. The Bertz CT molecular complexity index is 822. The van der Waals surface area contributed by atoms with E-state index in [2.05, 4.69) is 10.3 Å². The fourth-order valence-electron chi connectivity index (χ4n) is 2.30. The van der Waals surface area contributed by atoms with Crippen molar-refractivity contribution in [3.63, 3.8) is 0 Å². The number of hydrogen-bond acceptors (Lipinski definition) is 3. The number of nitrogen functional groups attached to an aromatic ring is 1. The minimum atomic E-state index is -0.205. The number of fused-ring (bicyclic) bond motifs is 1. The van der Waals surface area contributed by atoms with Crippen LogP contribution in [0.1, 0.15) is 16.1 Å². The number of pyridine rings is 1. The Hall–Kier alpha value is -2.88. The van der Waals surface area contributed by atoms with Crippen molar-refractivity contribution in [2.24, 2.45) is 0 Å². The Morgan fingerprint density at radius 2 is 1.90 bits per heavy atom. The number of aryl methyl sites for hydroxylation is 1. The predicted octanol–water partition coefficient (Wildman–Crippen LogP) is 3.38. The minimum Gasteiger partial charge on any atom is -0.397 e. The predicted molar refractivity (Wildman–Crippen MR) is 85.3 cm³/mol. The molecule has 21 heavy (non-hydrogen) atoms. The Labute approximate surface area is 122 Å². The summed E-state index contributed by atoms with van der Waals surface area (Å²) in [6.07, 6.45) is 1.55. The standard InChI is InChI=1S/C17H15N3O/c1-11-15(9-13(18)10-19-11)17(21)20-16-8-4-6-12-5-2-3-7-14(12)16/h2-10H,18H2,1H3,(H,20,21). The molecule has 1 heterocycles. The monoisotopic (exact) mass is 277 g/mol. The number of nitrogens with two attached hydrogens (primary N) is 1. The highest BCUT2D eigenvalue weighted by atomic mass is 16.1. The number of nitrogens with zero attached hydrogens (tertiary/aromatic N) is 1. The van der Waals surface area contributed by atoms with E-state index in [0.717, 1.165) is 16.5 Å². The van der Waals surface area contributed by atoms with Crippen LogP contribution in [0, 0.1) is 6.92 Å². The number of amides is 1. The molecule has 0 aliphatic carbocycles. The molecule has 0 aliphatic rings. The number of hydrogen-bond donors (Lipinski definition) is 2. The largest absolute Gasteiger partial charge is 0.397 e. The lowest BCUT2D eigenvalue weighted by Crippen LogP contribution is -2.14. The topological polar surface area (TPSA) is 68.0 Å². The van der Waals surface area contributed by atoms with Crippen LogP contribution in [0.5, 0.6) is 0 Å². The van der Waals surface area contributed by atoms with Crippen molar-refractivity contribution in [3.05, 3.63) is 66.0 Å². The summed E-state index contributed by atoms with van der Waals surface area (Å²) in [5, 5.41) is 5.02. The van der Waals surface area contributed by atoms with Gasteiger partial charge in [0.1, 0.15) is 0 Å². The summed E-state index contributed by atoms with van der Waals surface area (Å²) in [5.74, 6) is -0.205. The third-order valence-electron chi connectivity index (χ3n) is 3.39. The van der Waals surface area contributed by atoms with E-state index in [1.54, 1.807) is 19.2 Å². The van der Waals surface area contributed by atoms with Crippen LogP contribution in [0.3, 0.4) is 0 Å². The molecule has 0 radical (unpaired) electrons. The van der Waals surface area contributed by atoms with Crippen LogP contribution in [-0.2, 0) is 0 Å². The van der Waals surface area contributed by atoms with Crippen molar-refractivity contribution in [2.45, 2.75) is 6.92 Å². The van der Waals surface area contributed by atoms with Gasteiger partial charge in [-0.25, -0.2) is 0 Å². The normalized spacial score (nSPS) is 10.5. The van der Waals surface area contributed by atoms with E-state index >= 15 is 0 Å². The Morgan fingerprint density at radius 3 is 2.76 bits per heavy atom. The van der Waals surface area contributed by atoms with Gasteiger partial charge in [-0.15, -0.1) is 0 Å². The van der Waals surface area contributed by atoms with Crippen LogP contribution in [-0.4, -0.2) is 10.9 Å². The lowest BCUT2D eigenvalue weighted by molar-refractivity contribution is 0.102. The van der Waals surface area contributed by atoms with E-state index in [0.29, 0.717) is 16.9 Å². The number of nitrogens with one attached hydrogen (secondary N) is 1. The molecule has 0 spiro atoms. The van der Waals surface area contributed by atoms with E-state index in [1.165, 1.54) is 0 Å². The smallest absolute Gasteiger partial charge is 0.257 e. The summed E-state index contributed by atoms with van der Waals surface area (Å²) in [7, 11) is 0. The van der Waals surface area contributed by atoms with Gasteiger partial charge < -0.3 is 11.1 Å². The molecule has 3 N–H and O–H groups in total. The molecule has 4 nitrogen and oxygen atoms in total. The molecule has 0 saturated heterocycles. The second-order valence-corrected chi connectivity index (χ2v) is 4.88. The summed E-state index contributed by atoms with van der Waals surface area (Å²) in [5.41, 5.74) is 8.10. The molecule has 0 aliphatic heterocycles. The average Bonchev–Trinajstić information content (AvgIpc) is 2.50. The maximum absolute atomic E-state index is 12.4. The first-order chi connectivity index (χ1) is 10.1. The van der Waals surface area contributed by atoms with E-state index < -0.39 is 0 Å². The van der Waals surface area contributed by atoms with Crippen LogP contribution in [0.2, 0.25) is 0 Å². The zero-order chi connectivity index (χ0) is 14.8. The van der Waals surface area contributed by atoms with Crippen molar-refractivity contribution in [2.75, 3.05) is 11.1 Å². The first-order valence-corrected chi connectivity index (χ1v) is 6.66. The van der Waals surface area contributed by atoms with Gasteiger partial charge in [0, 0.05) is 11.1 Å². The highest BCUT2D eigenvalue weighted by molar-refractivity contribution is 6.09. The van der Waals surface area contributed by atoms with Gasteiger partial charge in [-0.3, -0.25) is 9.78 Å². The van der Waals surface area contributed by atoms with E-state index in [-0.39, 0.29) is 5.91 Å². The molecular weight excluding hydrogens is 262 g/mol. The van der Waals surface area contributed by atoms with Crippen molar-refractivity contribution < 1.29 is 4.79 Å². The Balaban J connectivity index is 1.99. The Kier molecular flexibility index (Phi) is 3.28. The van der Waals surface area contributed by atoms with E-state index in [1.807, 2.05) is 42.5 Å². The third kappa shape index (κ3) is 2.56. The van der Waals surface area contributed by atoms with Crippen LogP contribution >= 0.6 is 0 Å². The molecule has 3 aromatic rings. The number of benzene rings is 2. The summed E-state index contributed by atoms with van der Waals surface area (Å²) in [6.45, 7) is 1.79. The molecule has 4 heteroatoms. The summed E-state index contributed by atoms with van der Waals surface area (Å²) in [4.78, 5) is 16.5. The van der Waals surface area contributed by atoms with Gasteiger partial charge in [-0.1, -0.05) is 36.4 Å². The minimum absolute atomic E-state index is 0.205. The zero-order valence-corrected chi connectivity index (χ0v) is 11.6. The van der Waals surface area contributed by atoms with Crippen LogP contribution in [0.15, 0.2) is 54.7 Å². The fourth-order valence-corrected chi connectivity index (χ4v) is 2.30. The number of anilines is 2. The number of carbonyl (C=O) groups is 1. The highest BCUT2D eigenvalue weighted by Crippen LogP contribution is 2.24.